The first kappa shape index (κ1) is 15.9. The molecule has 2 aromatic rings. The van der Waals surface area contributed by atoms with Gasteiger partial charge in [-0.3, -0.25) is 4.68 Å². The van der Waals surface area contributed by atoms with Crippen LogP contribution in [0.25, 0.3) is 0 Å². The fourth-order valence-electron chi connectivity index (χ4n) is 1.89. The van der Waals surface area contributed by atoms with Gasteiger partial charge in [-0.2, -0.15) is 18.3 Å². The number of aryl methyl sites for hydroxylation is 2. The minimum absolute atomic E-state index is 0.0244. The lowest BCUT2D eigenvalue weighted by atomic mass is 10.2. The summed E-state index contributed by atoms with van der Waals surface area (Å²) in [6.07, 6.45) is -3.23. The molecule has 0 atom stereocenters. The van der Waals surface area contributed by atoms with Crippen LogP contribution in [0.15, 0.2) is 35.5 Å². The summed E-state index contributed by atoms with van der Waals surface area (Å²) in [7, 11) is 1.43. The highest BCUT2D eigenvalue weighted by Crippen LogP contribution is 2.30. The van der Waals surface area contributed by atoms with E-state index in [9.17, 15) is 13.2 Å². The summed E-state index contributed by atoms with van der Waals surface area (Å²) in [4.78, 5) is 3.93. The Kier molecular flexibility index (Phi) is 4.39. The average molecular weight is 311 g/mol. The number of anilines is 1. The van der Waals surface area contributed by atoms with E-state index in [0.29, 0.717) is 5.69 Å². The summed E-state index contributed by atoms with van der Waals surface area (Å²) in [5, 5.41) is 6.24. The van der Waals surface area contributed by atoms with Gasteiger partial charge in [-0.15, -0.1) is 0 Å². The summed E-state index contributed by atoms with van der Waals surface area (Å²) >= 11 is 0. The van der Waals surface area contributed by atoms with Crippen molar-refractivity contribution in [3.63, 3.8) is 0 Å². The van der Waals surface area contributed by atoms with Gasteiger partial charge < -0.3 is 11.1 Å². The molecule has 0 unspecified atom stereocenters. The molecule has 0 spiro atoms. The van der Waals surface area contributed by atoms with E-state index in [2.05, 4.69) is 15.4 Å². The summed E-state index contributed by atoms with van der Waals surface area (Å²) in [5.41, 5.74) is 6.53. The highest BCUT2D eigenvalue weighted by molar-refractivity contribution is 5.92. The Bertz CT molecular complexity index is 671. The normalized spacial score (nSPS) is 12.5. The Labute approximate surface area is 125 Å². The number of hydrogen-bond donors (Lipinski definition) is 2. The molecule has 0 saturated heterocycles. The van der Waals surface area contributed by atoms with Crippen LogP contribution in [0, 0.1) is 6.92 Å². The summed E-state index contributed by atoms with van der Waals surface area (Å²) in [5.74, 6) is 0.0424. The van der Waals surface area contributed by atoms with Crippen molar-refractivity contribution < 1.29 is 13.2 Å². The molecule has 1 aromatic carbocycles. The smallest absolute Gasteiger partial charge is 0.370 e. The largest absolute Gasteiger partial charge is 0.435 e. The maximum Gasteiger partial charge on any atom is 0.435 e. The van der Waals surface area contributed by atoms with Gasteiger partial charge in [0, 0.05) is 24.5 Å². The third-order valence-electron chi connectivity index (χ3n) is 2.92. The van der Waals surface area contributed by atoms with Crippen molar-refractivity contribution in [1.82, 2.24) is 9.78 Å². The van der Waals surface area contributed by atoms with Crippen molar-refractivity contribution in [3.05, 3.63) is 47.3 Å². The van der Waals surface area contributed by atoms with Gasteiger partial charge in [0.1, 0.15) is 0 Å². The molecule has 0 saturated carbocycles. The minimum atomic E-state index is -4.51. The molecule has 1 aromatic heterocycles. The first-order chi connectivity index (χ1) is 10.3. The molecule has 5 nitrogen and oxygen atoms in total. The fourth-order valence-corrected chi connectivity index (χ4v) is 1.89. The molecule has 0 aliphatic rings. The molecule has 3 N–H and O–H groups in total. The van der Waals surface area contributed by atoms with Gasteiger partial charge in [0.05, 0.1) is 6.54 Å². The molecule has 118 valence electrons. The van der Waals surface area contributed by atoms with Crippen molar-refractivity contribution >= 4 is 11.6 Å². The van der Waals surface area contributed by atoms with Crippen LogP contribution in [0.3, 0.4) is 0 Å². The second-order valence-electron chi connectivity index (χ2n) is 4.87. The molecule has 8 heteroatoms. The standard InChI is InChI=1S/C14H16F3N5/c1-9-3-5-11(6-4-9)20-13(18)19-7-10-8-22(2)21-12(10)14(15,16)17/h3-6,8H,7H2,1-2H3,(H3,18,19,20). The summed E-state index contributed by atoms with van der Waals surface area (Å²) < 4.78 is 39.5. The monoisotopic (exact) mass is 311 g/mol. The number of aromatic nitrogens is 2. The van der Waals surface area contributed by atoms with E-state index in [0.717, 1.165) is 10.2 Å². The molecule has 22 heavy (non-hydrogen) atoms. The average Bonchev–Trinajstić information content (AvgIpc) is 2.80. The second-order valence-corrected chi connectivity index (χ2v) is 4.87. The molecule has 0 aliphatic carbocycles. The lowest BCUT2D eigenvalue weighted by molar-refractivity contribution is -0.142. The Morgan fingerprint density at radius 1 is 1.32 bits per heavy atom. The lowest BCUT2D eigenvalue weighted by Gasteiger charge is -2.07. The van der Waals surface area contributed by atoms with Gasteiger partial charge in [0.25, 0.3) is 0 Å². The molecule has 0 radical (unpaired) electrons. The molecule has 0 fully saturated rings. The van der Waals surface area contributed by atoms with E-state index in [-0.39, 0.29) is 18.1 Å². The van der Waals surface area contributed by atoms with Gasteiger partial charge in [0.15, 0.2) is 11.7 Å². The van der Waals surface area contributed by atoms with Crippen LogP contribution in [0.4, 0.5) is 18.9 Å². The molecule has 0 amide bonds. The minimum Gasteiger partial charge on any atom is -0.370 e. The zero-order valence-corrected chi connectivity index (χ0v) is 12.1. The highest BCUT2D eigenvalue weighted by atomic mass is 19.4. The number of halogens is 3. The van der Waals surface area contributed by atoms with Gasteiger partial charge in [0.2, 0.25) is 0 Å². The number of rotatable bonds is 3. The summed E-state index contributed by atoms with van der Waals surface area (Å²) in [6.45, 7) is 1.75. The lowest BCUT2D eigenvalue weighted by Crippen LogP contribution is -2.22. The van der Waals surface area contributed by atoms with Crippen LogP contribution < -0.4 is 11.1 Å². The van der Waals surface area contributed by atoms with Gasteiger partial charge in [-0.25, -0.2) is 4.99 Å². The van der Waals surface area contributed by atoms with Crippen molar-refractivity contribution in [2.75, 3.05) is 5.32 Å². The Hall–Kier alpha value is -2.51. The van der Waals surface area contributed by atoms with Gasteiger partial charge >= 0.3 is 6.18 Å². The third-order valence-corrected chi connectivity index (χ3v) is 2.92. The maximum absolute atomic E-state index is 12.8. The first-order valence-corrected chi connectivity index (χ1v) is 6.49. The topological polar surface area (TPSA) is 68.2 Å². The van der Waals surface area contributed by atoms with Crippen LogP contribution in [-0.4, -0.2) is 15.7 Å². The number of benzene rings is 1. The third kappa shape index (κ3) is 4.00. The number of nitrogens with one attached hydrogen (secondary N) is 1. The van der Waals surface area contributed by atoms with E-state index < -0.39 is 11.9 Å². The molecular formula is C14H16F3N5. The number of guanidine groups is 1. The Morgan fingerprint density at radius 2 is 1.95 bits per heavy atom. The molecule has 0 bridgehead atoms. The SMILES string of the molecule is Cc1ccc(NC(N)=NCc2cn(C)nc2C(F)(F)F)cc1. The second kappa shape index (κ2) is 6.08. The number of alkyl halides is 3. The zero-order valence-electron chi connectivity index (χ0n) is 12.1. The molecular weight excluding hydrogens is 295 g/mol. The first-order valence-electron chi connectivity index (χ1n) is 6.49. The van der Waals surface area contributed by atoms with E-state index in [1.807, 2.05) is 31.2 Å². The summed E-state index contributed by atoms with van der Waals surface area (Å²) in [6, 6.07) is 7.39. The fraction of sp³-hybridized carbons (Fsp3) is 0.286. The Balaban J connectivity index is 2.09. The quantitative estimate of drug-likeness (QED) is 0.676. The van der Waals surface area contributed by atoms with Gasteiger partial charge in [-0.05, 0) is 19.1 Å². The van der Waals surface area contributed by atoms with Crippen LogP contribution in [-0.2, 0) is 19.8 Å². The van der Waals surface area contributed by atoms with Crippen molar-refractivity contribution in [2.45, 2.75) is 19.6 Å². The van der Waals surface area contributed by atoms with E-state index in [4.69, 9.17) is 5.73 Å². The molecule has 2 rings (SSSR count). The number of aliphatic imine (C=N–C) groups is 1. The van der Waals surface area contributed by atoms with Crippen molar-refractivity contribution in [3.8, 4) is 0 Å². The van der Waals surface area contributed by atoms with Gasteiger partial charge in [-0.1, -0.05) is 17.7 Å². The number of nitrogens with two attached hydrogens (primary N) is 1. The van der Waals surface area contributed by atoms with Crippen LogP contribution in [0.5, 0.6) is 0 Å². The van der Waals surface area contributed by atoms with Crippen LogP contribution in [0.2, 0.25) is 0 Å². The highest BCUT2D eigenvalue weighted by Gasteiger charge is 2.36. The van der Waals surface area contributed by atoms with Crippen LogP contribution >= 0.6 is 0 Å². The van der Waals surface area contributed by atoms with E-state index in [1.54, 1.807) is 0 Å². The predicted octanol–water partition coefficient (Wildman–Crippen LogP) is 2.67. The van der Waals surface area contributed by atoms with E-state index in [1.165, 1.54) is 13.2 Å². The maximum atomic E-state index is 12.8. The predicted molar refractivity (Wildman–Crippen MR) is 78.3 cm³/mol. The number of hydrogen-bond acceptors (Lipinski definition) is 2. The number of nitrogens with zero attached hydrogens (tertiary/aromatic N) is 3. The van der Waals surface area contributed by atoms with Crippen molar-refractivity contribution in [1.29, 1.82) is 0 Å². The van der Waals surface area contributed by atoms with Crippen LogP contribution in [0.1, 0.15) is 16.8 Å². The molecule has 1 heterocycles. The van der Waals surface area contributed by atoms with E-state index >= 15 is 0 Å². The molecule has 0 aliphatic heterocycles. The Morgan fingerprint density at radius 3 is 2.55 bits per heavy atom. The van der Waals surface area contributed by atoms with Crippen molar-refractivity contribution in [2.24, 2.45) is 17.8 Å². The zero-order chi connectivity index (χ0) is 16.3.